The van der Waals surface area contributed by atoms with Crippen molar-refractivity contribution < 1.29 is 18.7 Å². The number of aryl methyl sites for hydroxylation is 1. The van der Waals surface area contributed by atoms with Crippen molar-refractivity contribution in [3.63, 3.8) is 0 Å². The van der Waals surface area contributed by atoms with Gasteiger partial charge >= 0.3 is 0 Å². The Morgan fingerprint density at radius 1 is 1.18 bits per heavy atom. The first kappa shape index (κ1) is 19.3. The number of fused-ring (bicyclic) bond motifs is 1. The van der Waals surface area contributed by atoms with E-state index in [-0.39, 0.29) is 5.82 Å². The molecular weight excluding hydrogens is 363 g/mol. The molecule has 0 aliphatic heterocycles. The number of ether oxygens (including phenoxy) is 2. The van der Waals surface area contributed by atoms with Gasteiger partial charge in [0, 0.05) is 17.1 Å². The largest absolute Gasteiger partial charge is 0.493 e. The van der Waals surface area contributed by atoms with Crippen LogP contribution in [0.15, 0.2) is 36.7 Å². The minimum absolute atomic E-state index is 0.315. The number of anilines is 2. The van der Waals surface area contributed by atoms with Crippen LogP contribution in [0, 0.1) is 12.7 Å². The van der Waals surface area contributed by atoms with Gasteiger partial charge in [-0.3, -0.25) is 4.79 Å². The number of nitrogens with two attached hydrogens (primary N) is 1. The number of rotatable bonds is 6. The lowest BCUT2D eigenvalue weighted by Crippen LogP contribution is -2.43. The van der Waals surface area contributed by atoms with E-state index in [1.165, 1.54) is 25.6 Å². The molecule has 0 spiro atoms. The zero-order valence-electron chi connectivity index (χ0n) is 16.0. The Labute approximate surface area is 161 Å². The molecule has 28 heavy (non-hydrogen) atoms. The van der Waals surface area contributed by atoms with Crippen molar-refractivity contribution in [1.82, 2.24) is 9.97 Å². The Bertz CT molecular complexity index is 1050. The average Bonchev–Trinajstić information content (AvgIpc) is 2.63. The fourth-order valence-electron chi connectivity index (χ4n) is 2.62. The SMILES string of the molecule is COc1cc2ncnc(Nc3ccc(F)cc3C)c2cc1OC(C)(C)C(N)=O. The Morgan fingerprint density at radius 2 is 1.93 bits per heavy atom. The third kappa shape index (κ3) is 3.80. The van der Waals surface area contributed by atoms with Gasteiger partial charge in [0.15, 0.2) is 17.1 Å². The van der Waals surface area contributed by atoms with Crippen LogP contribution in [0.1, 0.15) is 19.4 Å². The fraction of sp³-hybridized carbons (Fsp3) is 0.250. The van der Waals surface area contributed by atoms with Gasteiger partial charge in [-0.25, -0.2) is 14.4 Å². The summed E-state index contributed by atoms with van der Waals surface area (Å²) >= 11 is 0. The summed E-state index contributed by atoms with van der Waals surface area (Å²) in [5.74, 6) is 0.310. The van der Waals surface area contributed by atoms with Crippen molar-refractivity contribution in [1.29, 1.82) is 0 Å². The number of halogens is 1. The van der Waals surface area contributed by atoms with E-state index in [1.54, 1.807) is 39.0 Å². The molecule has 0 saturated heterocycles. The quantitative estimate of drug-likeness (QED) is 0.675. The summed E-state index contributed by atoms with van der Waals surface area (Å²) in [5.41, 5.74) is 6.22. The minimum Gasteiger partial charge on any atom is -0.493 e. The molecule has 7 nitrogen and oxygen atoms in total. The van der Waals surface area contributed by atoms with Gasteiger partial charge in [0.25, 0.3) is 5.91 Å². The monoisotopic (exact) mass is 384 g/mol. The van der Waals surface area contributed by atoms with Gasteiger partial charge < -0.3 is 20.5 Å². The predicted molar refractivity (Wildman–Crippen MR) is 104 cm³/mol. The van der Waals surface area contributed by atoms with Crippen LogP contribution in [0.3, 0.4) is 0 Å². The average molecular weight is 384 g/mol. The highest BCUT2D eigenvalue weighted by Gasteiger charge is 2.29. The van der Waals surface area contributed by atoms with Crippen LogP contribution in [0.5, 0.6) is 11.5 Å². The predicted octanol–water partition coefficient (Wildman–Crippen LogP) is 3.47. The maximum atomic E-state index is 13.4. The van der Waals surface area contributed by atoms with Crippen LogP contribution < -0.4 is 20.5 Å². The lowest BCUT2D eigenvalue weighted by Gasteiger charge is -2.24. The molecule has 0 aliphatic carbocycles. The smallest absolute Gasteiger partial charge is 0.261 e. The number of hydrogen-bond acceptors (Lipinski definition) is 6. The molecule has 0 bridgehead atoms. The topological polar surface area (TPSA) is 99.4 Å². The zero-order chi connectivity index (χ0) is 20.5. The van der Waals surface area contributed by atoms with Crippen molar-refractivity contribution in [2.45, 2.75) is 26.4 Å². The van der Waals surface area contributed by atoms with E-state index in [4.69, 9.17) is 15.2 Å². The first-order valence-corrected chi connectivity index (χ1v) is 8.56. The molecule has 1 amide bonds. The second-order valence-corrected chi connectivity index (χ2v) is 6.80. The summed E-state index contributed by atoms with van der Waals surface area (Å²) < 4.78 is 24.6. The highest BCUT2D eigenvalue weighted by atomic mass is 19.1. The molecule has 0 aliphatic rings. The van der Waals surface area contributed by atoms with E-state index < -0.39 is 11.5 Å². The van der Waals surface area contributed by atoms with E-state index in [2.05, 4.69) is 15.3 Å². The third-order valence-electron chi connectivity index (χ3n) is 4.32. The Hall–Kier alpha value is -3.42. The minimum atomic E-state index is -1.24. The van der Waals surface area contributed by atoms with E-state index in [9.17, 15) is 9.18 Å². The summed E-state index contributed by atoms with van der Waals surface area (Å²) in [6, 6.07) is 7.80. The molecule has 3 N–H and O–H groups in total. The molecule has 0 radical (unpaired) electrons. The Balaban J connectivity index is 2.09. The van der Waals surface area contributed by atoms with E-state index >= 15 is 0 Å². The number of benzene rings is 2. The molecule has 0 saturated carbocycles. The van der Waals surface area contributed by atoms with Gasteiger partial charge in [0.1, 0.15) is 18.0 Å². The maximum Gasteiger partial charge on any atom is 0.261 e. The second kappa shape index (κ2) is 7.30. The van der Waals surface area contributed by atoms with Gasteiger partial charge in [-0.15, -0.1) is 0 Å². The number of carbonyl (C=O) groups excluding carboxylic acids is 1. The van der Waals surface area contributed by atoms with Crippen molar-refractivity contribution in [3.8, 4) is 11.5 Å². The van der Waals surface area contributed by atoms with E-state index in [0.29, 0.717) is 33.9 Å². The maximum absolute atomic E-state index is 13.4. The van der Waals surface area contributed by atoms with Crippen LogP contribution in [0.2, 0.25) is 0 Å². The molecule has 3 aromatic rings. The number of primary amides is 1. The Morgan fingerprint density at radius 3 is 2.57 bits per heavy atom. The highest BCUT2D eigenvalue weighted by molar-refractivity contribution is 5.93. The van der Waals surface area contributed by atoms with Gasteiger partial charge in [-0.2, -0.15) is 0 Å². The first-order valence-electron chi connectivity index (χ1n) is 8.56. The number of hydrogen-bond donors (Lipinski definition) is 2. The van der Waals surface area contributed by atoms with Crippen molar-refractivity contribution in [3.05, 3.63) is 48.0 Å². The molecule has 1 aromatic heterocycles. The summed E-state index contributed by atoms with van der Waals surface area (Å²) in [5, 5.41) is 3.83. The molecular formula is C20H21FN4O3. The van der Waals surface area contributed by atoms with Crippen molar-refractivity contribution in [2.24, 2.45) is 5.73 Å². The van der Waals surface area contributed by atoms with Crippen LogP contribution in [-0.2, 0) is 4.79 Å². The van der Waals surface area contributed by atoms with Crippen LogP contribution in [0.25, 0.3) is 10.9 Å². The second-order valence-electron chi connectivity index (χ2n) is 6.80. The van der Waals surface area contributed by atoms with E-state index in [0.717, 1.165) is 5.56 Å². The first-order chi connectivity index (χ1) is 13.2. The van der Waals surface area contributed by atoms with Gasteiger partial charge in [0.2, 0.25) is 0 Å². The molecule has 0 atom stereocenters. The molecule has 0 fully saturated rings. The van der Waals surface area contributed by atoms with Crippen LogP contribution >= 0.6 is 0 Å². The summed E-state index contributed by atoms with van der Waals surface area (Å²) in [7, 11) is 1.49. The van der Waals surface area contributed by atoms with Gasteiger partial charge in [0.05, 0.1) is 12.6 Å². The standard InChI is InChI=1S/C20H21FN4O3/c1-11-7-12(21)5-6-14(11)25-18-13-8-17(28-20(2,3)19(22)26)16(27-4)9-15(13)23-10-24-18/h5-10H,1-4H3,(H2,22,26)(H,23,24,25). The molecule has 2 aromatic carbocycles. The fourth-order valence-corrected chi connectivity index (χ4v) is 2.62. The number of amides is 1. The molecule has 1 heterocycles. The van der Waals surface area contributed by atoms with Crippen molar-refractivity contribution in [2.75, 3.05) is 12.4 Å². The number of aromatic nitrogens is 2. The lowest BCUT2D eigenvalue weighted by molar-refractivity contribution is -0.130. The molecule has 146 valence electrons. The van der Waals surface area contributed by atoms with Gasteiger partial charge in [-0.05, 0) is 50.6 Å². The number of nitrogens with zero attached hydrogens (tertiary/aromatic N) is 2. The number of carbonyl (C=O) groups is 1. The summed E-state index contributed by atoms with van der Waals surface area (Å²) in [4.78, 5) is 20.2. The highest BCUT2D eigenvalue weighted by Crippen LogP contribution is 2.36. The number of nitrogens with one attached hydrogen (secondary N) is 1. The molecule has 8 heteroatoms. The van der Waals surface area contributed by atoms with Gasteiger partial charge in [-0.1, -0.05) is 0 Å². The van der Waals surface area contributed by atoms with Crippen LogP contribution in [0.4, 0.5) is 15.9 Å². The third-order valence-corrected chi connectivity index (χ3v) is 4.32. The normalized spacial score (nSPS) is 11.3. The molecule has 3 rings (SSSR count). The number of methoxy groups -OCH3 is 1. The molecule has 0 unspecified atom stereocenters. The van der Waals surface area contributed by atoms with Crippen molar-refractivity contribution >= 4 is 28.3 Å². The van der Waals surface area contributed by atoms with E-state index in [1.807, 2.05) is 0 Å². The zero-order valence-corrected chi connectivity index (χ0v) is 16.0. The summed E-state index contributed by atoms with van der Waals surface area (Å²) in [6.07, 6.45) is 1.41. The Kier molecular flexibility index (Phi) is 5.04. The lowest BCUT2D eigenvalue weighted by atomic mass is 10.1. The van der Waals surface area contributed by atoms with Crippen LogP contribution in [-0.4, -0.2) is 28.6 Å². The summed E-state index contributed by atoms with van der Waals surface area (Å²) in [6.45, 7) is 4.94.